The van der Waals surface area contributed by atoms with Crippen molar-refractivity contribution >= 4 is 5.91 Å². The van der Waals surface area contributed by atoms with Crippen molar-refractivity contribution in [1.82, 2.24) is 24.8 Å². The summed E-state index contributed by atoms with van der Waals surface area (Å²) >= 11 is 0. The molecule has 2 aromatic rings. The third kappa shape index (κ3) is 2.86. The van der Waals surface area contributed by atoms with E-state index in [-0.39, 0.29) is 5.91 Å². The van der Waals surface area contributed by atoms with Crippen molar-refractivity contribution in [3.8, 4) is 5.69 Å². The molecule has 0 spiro atoms. The zero-order valence-corrected chi connectivity index (χ0v) is 13.1. The van der Waals surface area contributed by atoms with Crippen molar-refractivity contribution in [3.63, 3.8) is 0 Å². The zero-order valence-electron chi connectivity index (χ0n) is 13.1. The topological polar surface area (TPSA) is 54.3 Å². The molecule has 1 atom stereocenters. The van der Waals surface area contributed by atoms with Gasteiger partial charge >= 0.3 is 0 Å². The molecule has 6 nitrogen and oxygen atoms in total. The van der Waals surface area contributed by atoms with Crippen LogP contribution in [0, 0.1) is 0 Å². The summed E-state index contributed by atoms with van der Waals surface area (Å²) in [5.41, 5.74) is 1.29. The molecule has 1 amide bonds. The van der Waals surface area contributed by atoms with Crippen LogP contribution in [0.1, 0.15) is 29.8 Å². The van der Waals surface area contributed by atoms with Crippen molar-refractivity contribution in [2.24, 2.45) is 0 Å². The van der Waals surface area contributed by atoms with Crippen LogP contribution >= 0.6 is 0 Å². The number of benzene rings is 1. The lowest BCUT2D eigenvalue weighted by Gasteiger charge is -2.43. The van der Waals surface area contributed by atoms with Crippen LogP contribution in [-0.2, 0) is 0 Å². The number of nitrogens with zero attached hydrogens (tertiary/aromatic N) is 5. The molecule has 2 saturated heterocycles. The standard InChI is InChI=1S/C17H21N5O/c23-17(21-11-10-20-9-5-4-8-15(20)13-21)16-12-18-22(19-16)14-6-2-1-3-7-14/h1-3,6-7,12,15H,4-5,8-11,13H2/t15-/m0/s1. The fourth-order valence-electron chi connectivity index (χ4n) is 3.55. The SMILES string of the molecule is O=C(c1cnn(-c2ccccc2)n1)N1CCN2CCCC[C@H]2C1. The highest BCUT2D eigenvalue weighted by Crippen LogP contribution is 2.21. The van der Waals surface area contributed by atoms with E-state index >= 15 is 0 Å². The fourth-order valence-corrected chi connectivity index (χ4v) is 3.55. The minimum atomic E-state index is -0.00240. The monoisotopic (exact) mass is 311 g/mol. The first-order valence-electron chi connectivity index (χ1n) is 8.32. The van der Waals surface area contributed by atoms with Crippen LogP contribution in [0.4, 0.5) is 0 Å². The number of carbonyl (C=O) groups excluding carboxylic acids is 1. The van der Waals surface area contributed by atoms with Gasteiger partial charge in [-0.15, -0.1) is 5.10 Å². The smallest absolute Gasteiger partial charge is 0.276 e. The zero-order chi connectivity index (χ0) is 15.6. The third-order valence-corrected chi connectivity index (χ3v) is 4.82. The van der Waals surface area contributed by atoms with Gasteiger partial charge in [0, 0.05) is 25.7 Å². The third-order valence-electron chi connectivity index (χ3n) is 4.82. The number of rotatable bonds is 2. The molecule has 2 fully saturated rings. The minimum absolute atomic E-state index is 0.00240. The molecule has 4 rings (SSSR count). The average Bonchev–Trinajstić information content (AvgIpc) is 3.11. The molecular weight excluding hydrogens is 290 g/mol. The van der Waals surface area contributed by atoms with Gasteiger partial charge in [0.25, 0.3) is 5.91 Å². The number of para-hydroxylation sites is 1. The molecule has 0 N–H and O–H groups in total. The summed E-state index contributed by atoms with van der Waals surface area (Å²) in [6.07, 6.45) is 5.33. The van der Waals surface area contributed by atoms with Crippen LogP contribution in [0.5, 0.6) is 0 Å². The molecule has 2 aliphatic rings. The molecule has 3 heterocycles. The Labute approximate surface area is 135 Å². The summed E-state index contributed by atoms with van der Waals surface area (Å²) in [7, 11) is 0. The number of piperidine rings is 1. The van der Waals surface area contributed by atoms with Gasteiger partial charge in [-0.05, 0) is 31.5 Å². The van der Waals surface area contributed by atoms with Gasteiger partial charge in [-0.25, -0.2) is 0 Å². The highest BCUT2D eigenvalue weighted by molar-refractivity contribution is 5.92. The van der Waals surface area contributed by atoms with E-state index in [0.29, 0.717) is 11.7 Å². The van der Waals surface area contributed by atoms with Crippen molar-refractivity contribution in [3.05, 3.63) is 42.2 Å². The summed E-state index contributed by atoms with van der Waals surface area (Å²) in [6.45, 7) is 3.75. The fraction of sp³-hybridized carbons (Fsp3) is 0.471. The van der Waals surface area contributed by atoms with E-state index in [4.69, 9.17) is 0 Å². The Balaban J connectivity index is 1.48. The van der Waals surface area contributed by atoms with Crippen LogP contribution in [-0.4, -0.2) is 62.9 Å². The van der Waals surface area contributed by atoms with Gasteiger partial charge in [-0.2, -0.15) is 9.90 Å². The van der Waals surface area contributed by atoms with Crippen LogP contribution in [0.25, 0.3) is 5.69 Å². The first kappa shape index (κ1) is 14.4. The number of amides is 1. The molecule has 1 aromatic carbocycles. The number of carbonyl (C=O) groups is 1. The number of piperazine rings is 1. The van der Waals surface area contributed by atoms with Crippen LogP contribution in [0.2, 0.25) is 0 Å². The lowest BCUT2D eigenvalue weighted by Crippen LogP contribution is -2.56. The van der Waals surface area contributed by atoms with Crippen molar-refractivity contribution in [2.75, 3.05) is 26.2 Å². The van der Waals surface area contributed by atoms with Crippen molar-refractivity contribution < 1.29 is 4.79 Å². The van der Waals surface area contributed by atoms with Crippen molar-refractivity contribution in [1.29, 1.82) is 0 Å². The summed E-state index contributed by atoms with van der Waals surface area (Å²) in [5, 5.41) is 8.59. The van der Waals surface area contributed by atoms with E-state index in [0.717, 1.165) is 25.3 Å². The van der Waals surface area contributed by atoms with Crippen LogP contribution in [0.15, 0.2) is 36.5 Å². The minimum Gasteiger partial charge on any atom is -0.334 e. The Hall–Kier alpha value is -2.21. The Bertz CT molecular complexity index is 683. The second kappa shape index (κ2) is 6.12. The Kier molecular flexibility index (Phi) is 3.83. The summed E-state index contributed by atoms with van der Waals surface area (Å²) < 4.78 is 0. The molecule has 6 heteroatoms. The summed E-state index contributed by atoms with van der Waals surface area (Å²) in [4.78, 5) is 18.7. The lowest BCUT2D eigenvalue weighted by atomic mass is 9.99. The van der Waals surface area contributed by atoms with Gasteiger partial charge in [-0.3, -0.25) is 9.69 Å². The maximum absolute atomic E-state index is 12.7. The molecule has 0 saturated carbocycles. The number of fused-ring (bicyclic) bond motifs is 1. The molecule has 0 bridgehead atoms. The summed E-state index contributed by atoms with van der Waals surface area (Å²) in [5.74, 6) is -0.00240. The normalized spacial score (nSPS) is 21.9. The first-order valence-corrected chi connectivity index (χ1v) is 8.32. The van der Waals surface area contributed by atoms with E-state index in [1.807, 2.05) is 35.2 Å². The summed E-state index contributed by atoms with van der Waals surface area (Å²) in [6, 6.07) is 10.2. The highest BCUT2D eigenvalue weighted by Gasteiger charge is 2.32. The molecule has 1 aromatic heterocycles. The maximum atomic E-state index is 12.7. The van der Waals surface area contributed by atoms with Gasteiger partial charge in [0.1, 0.15) is 0 Å². The average molecular weight is 311 g/mol. The van der Waals surface area contributed by atoms with Crippen LogP contribution in [0.3, 0.4) is 0 Å². The second-order valence-corrected chi connectivity index (χ2v) is 6.29. The van der Waals surface area contributed by atoms with Gasteiger partial charge in [0.2, 0.25) is 0 Å². The van der Waals surface area contributed by atoms with Gasteiger partial charge in [-0.1, -0.05) is 24.6 Å². The molecule has 0 aliphatic carbocycles. The quantitative estimate of drug-likeness (QED) is 0.845. The molecule has 120 valence electrons. The van der Waals surface area contributed by atoms with E-state index in [1.165, 1.54) is 30.6 Å². The Morgan fingerprint density at radius 1 is 1.09 bits per heavy atom. The number of aromatic nitrogens is 3. The Morgan fingerprint density at radius 3 is 2.83 bits per heavy atom. The lowest BCUT2D eigenvalue weighted by molar-refractivity contribution is 0.0368. The van der Waals surface area contributed by atoms with Gasteiger partial charge < -0.3 is 4.90 Å². The van der Waals surface area contributed by atoms with E-state index in [1.54, 1.807) is 6.20 Å². The second-order valence-electron chi connectivity index (χ2n) is 6.29. The van der Waals surface area contributed by atoms with Crippen molar-refractivity contribution in [2.45, 2.75) is 25.3 Å². The van der Waals surface area contributed by atoms with E-state index in [2.05, 4.69) is 15.1 Å². The predicted molar refractivity (Wildman–Crippen MR) is 86.5 cm³/mol. The Morgan fingerprint density at radius 2 is 1.96 bits per heavy atom. The van der Waals surface area contributed by atoms with Gasteiger partial charge in [0.05, 0.1) is 11.9 Å². The molecule has 0 radical (unpaired) electrons. The predicted octanol–water partition coefficient (Wildman–Crippen LogP) is 1.58. The number of hydrogen-bond acceptors (Lipinski definition) is 4. The van der Waals surface area contributed by atoms with Crippen LogP contribution < -0.4 is 0 Å². The number of hydrogen-bond donors (Lipinski definition) is 0. The van der Waals surface area contributed by atoms with E-state index in [9.17, 15) is 4.79 Å². The van der Waals surface area contributed by atoms with E-state index < -0.39 is 0 Å². The largest absolute Gasteiger partial charge is 0.334 e. The molecule has 2 aliphatic heterocycles. The first-order chi connectivity index (χ1) is 11.3. The highest BCUT2D eigenvalue weighted by atomic mass is 16.2. The molecule has 23 heavy (non-hydrogen) atoms. The van der Waals surface area contributed by atoms with Gasteiger partial charge in [0.15, 0.2) is 5.69 Å². The molecule has 0 unspecified atom stereocenters. The maximum Gasteiger partial charge on any atom is 0.276 e. The molecular formula is C17H21N5O.